The highest BCUT2D eigenvalue weighted by atomic mass is 16.7. The molecule has 0 aromatic carbocycles. The summed E-state index contributed by atoms with van der Waals surface area (Å²) in [5.74, 6) is 0. The van der Waals surface area contributed by atoms with Crippen LogP contribution in [0.1, 0.15) is 6.92 Å². The Morgan fingerprint density at radius 1 is 0.818 bits per heavy atom. The van der Waals surface area contributed by atoms with E-state index in [1.165, 1.54) is 6.92 Å². The van der Waals surface area contributed by atoms with E-state index in [0.29, 0.717) is 0 Å². The Kier molecular flexibility index (Phi) is 5.72. The van der Waals surface area contributed by atoms with E-state index in [1.54, 1.807) is 0 Å². The first-order chi connectivity index (χ1) is 10.3. The third-order valence-electron chi connectivity index (χ3n) is 3.94. The molecule has 2 saturated heterocycles. The fourth-order valence-electron chi connectivity index (χ4n) is 2.51. The maximum atomic E-state index is 9.99. The van der Waals surface area contributed by atoms with E-state index in [2.05, 4.69) is 0 Å². The molecule has 2 aliphatic heterocycles. The molecule has 0 radical (unpaired) electrons. The van der Waals surface area contributed by atoms with Crippen LogP contribution in [0.2, 0.25) is 0 Å². The van der Waals surface area contributed by atoms with Crippen LogP contribution in [0, 0.1) is 0 Å². The lowest BCUT2D eigenvalue weighted by atomic mass is 9.97. The summed E-state index contributed by atoms with van der Waals surface area (Å²) in [4.78, 5) is 0. The highest BCUT2D eigenvalue weighted by Gasteiger charge is 2.49. The number of hydrogen-bond acceptors (Lipinski definition) is 10. The van der Waals surface area contributed by atoms with Crippen molar-refractivity contribution in [3.05, 3.63) is 0 Å². The van der Waals surface area contributed by atoms with Crippen molar-refractivity contribution in [2.75, 3.05) is 6.61 Å². The summed E-state index contributed by atoms with van der Waals surface area (Å²) in [5, 5.41) is 67.6. The highest BCUT2D eigenvalue weighted by Crippen LogP contribution is 2.28. The van der Waals surface area contributed by atoms with Crippen molar-refractivity contribution >= 4 is 0 Å². The first-order valence-corrected chi connectivity index (χ1v) is 6.93. The van der Waals surface area contributed by atoms with Crippen LogP contribution in [0.3, 0.4) is 0 Å². The lowest BCUT2D eigenvalue weighted by molar-refractivity contribution is -0.352. The Morgan fingerprint density at radius 2 is 1.45 bits per heavy atom. The van der Waals surface area contributed by atoms with Gasteiger partial charge in [0, 0.05) is 0 Å². The second-order valence-electron chi connectivity index (χ2n) is 5.51. The van der Waals surface area contributed by atoms with Gasteiger partial charge >= 0.3 is 0 Å². The lowest BCUT2D eigenvalue weighted by Crippen LogP contribution is -2.63. The molecular formula is C12H22O10. The van der Waals surface area contributed by atoms with E-state index >= 15 is 0 Å². The van der Waals surface area contributed by atoms with Crippen molar-refractivity contribution in [1.29, 1.82) is 0 Å². The maximum absolute atomic E-state index is 9.99. The summed E-state index contributed by atoms with van der Waals surface area (Å²) in [5.41, 5.74) is 0. The number of rotatable bonds is 3. The van der Waals surface area contributed by atoms with Crippen LogP contribution < -0.4 is 0 Å². The zero-order valence-electron chi connectivity index (χ0n) is 11.8. The fourth-order valence-corrected chi connectivity index (χ4v) is 2.51. The van der Waals surface area contributed by atoms with Crippen LogP contribution in [0.4, 0.5) is 0 Å². The molecule has 2 heterocycles. The minimum absolute atomic E-state index is 0.628. The van der Waals surface area contributed by atoms with Gasteiger partial charge in [0.05, 0.1) is 12.7 Å². The van der Waals surface area contributed by atoms with Gasteiger partial charge in [-0.1, -0.05) is 0 Å². The fraction of sp³-hybridized carbons (Fsp3) is 1.00. The summed E-state index contributed by atoms with van der Waals surface area (Å²) in [6, 6.07) is 0. The molecule has 0 aromatic rings. The van der Waals surface area contributed by atoms with E-state index in [-0.39, 0.29) is 0 Å². The molecule has 130 valence electrons. The van der Waals surface area contributed by atoms with Gasteiger partial charge in [0.1, 0.15) is 42.7 Å². The summed E-state index contributed by atoms with van der Waals surface area (Å²) in [6.45, 7) is 0.814. The van der Waals surface area contributed by atoms with Crippen LogP contribution in [0.15, 0.2) is 0 Å². The van der Waals surface area contributed by atoms with Crippen molar-refractivity contribution in [2.45, 2.75) is 68.3 Å². The molecular weight excluding hydrogens is 304 g/mol. The summed E-state index contributed by atoms with van der Waals surface area (Å²) in [7, 11) is 0. The molecule has 2 aliphatic rings. The third kappa shape index (κ3) is 3.26. The van der Waals surface area contributed by atoms with E-state index in [1.807, 2.05) is 0 Å². The smallest absolute Gasteiger partial charge is 0.187 e. The largest absolute Gasteiger partial charge is 0.394 e. The number of aliphatic hydroxyl groups excluding tert-OH is 7. The number of ether oxygens (including phenoxy) is 3. The molecule has 2 rings (SSSR count). The Hall–Kier alpha value is -0.400. The van der Waals surface area contributed by atoms with Gasteiger partial charge in [-0.15, -0.1) is 0 Å². The Morgan fingerprint density at radius 3 is 2.05 bits per heavy atom. The Bertz CT molecular complexity index is 368. The van der Waals surface area contributed by atoms with Crippen LogP contribution in [-0.4, -0.2) is 104 Å². The quantitative estimate of drug-likeness (QED) is 0.269. The predicted molar refractivity (Wildman–Crippen MR) is 67.2 cm³/mol. The highest BCUT2D eigenvalue weighted by molar-refractivity contribution is 4.93. The van der Waals surface area contributed by atoms with Crippen LogP contribution in [0.25, 0.3) is 0 Å². The van der Waals surface area contributed by atoms with Gasteiger partial charge in [0.15, 0.2) is 12.6 Å². The van der Waals surface area contributed by atoms with Gasteiger partial charge in [-0.05, 0) is 6.92 Å². The minimum atomic E-state index is -1.71. The van der Waals surface area contributed by atoms with Crippen molar-refractivity contribution in [3.8, 4) is 0 Å². The van der Waals surface area contributed by atoms with E-state index < -0.39 is 68.0 Å². The van der Waals surface area contributed by atoms with Gasteiger partial charge in [-0.2, -0.15) is 0 Å². The zero-order valence-corrected chi connectivity index (χ0v) is 11.8. The van der Waals surface area contributed by atoms with E-state index in [4.69, 9.17) is 19.3 Å². The molecule has 0 bridgehead atoms. The van der Waals surface area contributed by atoms with Crippen LogP contribution in [0.5, 0.6) is 0 Å². The molecule has 7 N–H and O–H groups in total. The molecule has 0 amide bonds. The molecule has 22 heavy (non-hydrogen) atoms. The van der Waals surface area contributed by atoms with Gasteiger partial charge in [-0.25, -0.2) is 0 Å². The average Bonchev–Trinajstić information content (AvgIpc) is 2.50. The molecule has 0 saturated carbocycles. The van der Waals surface area contributed by atoms with Gasteiger partial charge in [0.2, 0.25) is 0 Å². The summed E-state index contributed by atoms with van der Waals surface area (Å²) < 4.78 is 15.3. The second-order valence-corrected chi connectivity index (χ2v) is 5.51. The lowest BCUT2D eigenvalue weighted by Gasteiger charge is -2.44. The normalized spacial score (nSPS) is 53.5. The standard InChI is InChI=1S/C12H22O10/c1-3-5(14)7(16)8(17)12(20-3)22-10-6(15)4(2-13)21-11(19)9(10)18/h3-19H,2H2,1H3/t3-,4+,5-,6-,7+,8+,9+,10-,11+,12+/m0/s1. The van der Waals surface area contributed by atoms with Crippen molar-refractivity contribution in [2.24, 2.45) is 0 Å². The molecule has 0 unspecified atom stereocenters. The first-order valence-electron chi connectivity index (χ1n) is 6.93. The first kappa shape index (κ1) is 17.9. The number of aliphatic hydroxyl groups is 7. The second kappa shape index (κ2) is 7.01. The molecule has 0 aromatic heterocycles. The minimum Gasteiger partial charge on any atom is -0.394 e. The van der Waals surface area contributed by atoms with Crippen LogP contribution >= 0.6 is 0 Å². The van der Waals surface area contributed by atoms with Gasteiger partial charge in [-0.3, -0.25) is 0 Å². The Labute approximate surface area is 126 Å². The van der Waals surface area contributed by atoms with Crippen molar-refractivity contribution in [1.82, 2.24) is 0 Å². The average molecular weight is 326 g/mol. The maximum Gasteiger partial charge on any atom is 0.187 e. The summed E-state index contributed by atoms with van der Waals surface area (Å²) >= 11 is 0. The number of hydrogen-bond donors (Lipinski definition) is 7. The molecule has 2 fully saturated rings. The topological polar surface area (TPSA) is 169 Å². The molecule has 10 atom stereocenters. The van der Waals surface area contributed by atoms with Crippen LogP contribution in [-0.2, 0) is 14.2 Å². The summed E-state index contributed by atoms with van der Waals surface area (Å²) in [6.07, 6.45) is -14.3. The van der Waals surface area contributed by atoms with Gasteiger partial charge < -0.3 is 50.0 Å². The molecule has 0 aliphatic carbocycles. The zero-order chi connectivity index (χ0) is 16.6. The Balaban J connectivity index is 2.10. The van der Waals surface area contributed by atoms with E-state index in [9.17, 15) is 30.6 Å². The monoisotopic (exact) mass is 326 g/mol. The third-order valence-corrected chi connectivity index (χ3v) is 3.94. The van der Waals surface area contributed by atoms with Crippen molar-refractivity contribution in [3.63, 3.8) is 0 Å². The molecule has 0 spiro atoms. The molecule has 10 heteroatoms. The van der Waals surface area contributed by atoms with E-state index in [0.717, 1.165) is 0 Å². The SMILES string of the molecule is C[C@@H]1O[C@H](O[C@@H]2[C@@H](O)[C@H](O)O[C@H](CO)[C@@H]2O)[C@H](O)[C@H](O)[C@H]1O. The van der Waals surface area contributed by atoms with Gasteiger partial charge in [0.25, 0.3) is 0 Å². The van der Waals surface area contributed by atoms with Crippen molar-refractivity contribution < 1.29 is 50.0 Å². The molecule has 10 nitrogen and oxygen atoms in total. The predicted octanol–water partition coefficient (Wildman–Crippen LogP) is -4.37.